The molecule has 0 radical (unpaired) electrons. The maximum absolute atomic E-state index is 11.7. The van der Waals surface area contributed by atoms with Crippen LogP contribution in [0.2, 0.25) is 0 Å². The summed E-state index contributed by atoms with van der Waals surface area (Å²) in [5, 5.41) is 0. The van der Waals surface area contributed by atoms with Gasteiger partial charge in [0.1, 0.15) is 0 Å². The molecule has 24 heavy (non-hydrogen) atoms. The molecule has 0 saturated carbocycles. The first-order valence-electron chi connectivity index (χ1n) is 9.95. The number of ether oxygens (including phenoxy) is 2. The first-order valence-corrected chi connectivity index (χ1v) is 9.95. The molecule has 0 aromatic carbocycles. The van der Waals surface area contributed by atoms with Crippen molar-refractivity contribution in [1.29, 1.82) is 0 Å². The van der Waals surface area contributed by atoms with Crippen molar-refractivity contribution in [2.45, 2.75) is 110 Å². The van der Waals surface area contributed by atoms with Crippen molar-refractivity contribution in [3.8, 4) is 0 Å². The maximum atomic E-state index is 11.7. The molecule has 0 spiro atoms. The van der Waals surface area contributed by atoms with Crippen molar-refractivity contribution in [3.05, 3.63) is 0 Å². The third-order valence-corrected chi connectivity index (χ3v) is 4.11. The fraction of sp³-hybridized carbons (Fsp3) is 0.900. The molecule has 142 valence electrons. The summed E-state index contributed by atoms with van der Waals surface area (Å²) in [6.07, 6.45) is 13.1. The molecule has 0 amide bonds. The van der Waals surface area contributed by atoms with E-state index in [9.17, 15) is 9.59 Å². The minimum absolute atomic E-state index is 0.0530. The molecule has 0 bridgehead atoms. The summed E-state index contributed by atoms with van der Waals surface area (Å²) in [5.74, 6) is -0.149. The van der Waals surface area contributed by atoms with Gasteiger partial charge in [-0.2, -0.15) is 0 Å². The average Bonchev–Trinajstić information content (AvgIpc) is 2.54. The highest BCUT2D eigenvalue weighted by molar-refractivity contribution is 5.69. The van der Waals surface area contributed by atoms with E-state index in [0.717, 1.165) is 51.4 Å². The molecule has 0 aromatic heterocycles. The molecule has 0 aliphatic carbocycles. The minimum atomic E-state index is -0.0935. The zero-order valence-corrected chi connectivity index (χ0v) is 16.1. The Hall–Kier alpha value is -1.06. The van der Waals surface area contributed by atoms with Gasteiger partial charge in [-0.15, -0.1) is 0 Å². The average molecular weight is 343 g/mol. The van der Waals surface area contributed by atoms with Gasteiger partial charge in [-0.3, -0.25) is 9.59 Å². The number of hydrogen-bond donors (Lipinski definition) is 0. The molecule has 4 nitrogen and oxygen atoms in total. The van der Waals surface area contributed by atoms with Crippen molar-refractivity contribution in [2.75, 3.05) is 6.61 Å². The summed E-state index contributed by atoms with van der Waals surface area (Å²) in [6, 6.07) is 0. The Kier molecular flexibility index (Phi) is 16.0. The van der Waals surface area contributed by atoms with Crippen molar-refractivity contribution in [2.24, 2.45) is 0 Å². The summed E-state index contributed by atoms with van der Waals surface area (Å²) < 4.78 is 10.3. The lowest BCUT2D eigenvalue weighted by Crippen LogP contribution is -2.14. The molecule has 4 heteroatoms. The standard InChI is InChI=1S/C20H38O4/c1-4-6-7-12-15-18(3)24-20(22)17-14-11-9-8-10-13-16-19(21)23-5-2/h18H,4-17H2,1-3H3. The number of esters is 2. The zero-order chi connectivity index (χ0) is 18.0. The number of carbonyl (C=O) groups excluding carboxylic acids is 2. The minimum Gasteiger partial charge on any atom is -0.466 e. The van der Waals surface area contributed by atoms with Crippen LogP contribution in [0.4, 0.5) is 0 Å². The molecule has 0 aliphatic heterocycles. The summed E-state index contributed by atoms with van der Waals surface area (Å²) >= 11 is 0. The van der Waals surface area contributed by atoms with Gasteiger partial charge < -0.3 is 9.47 Å². The second-order valence-corrected chi connectivity index (χ2v) is 6.58. The Balaban J connectivity index is 3.38. The van der Waals surface area contributed by atoms with Crippen LogP contribution in [0.3, 0.4) is 0 Å². The van der Waals surface area contributed by atoms with Crippen LogP contribution >= 0.6 is 0 Å². The highest BCUT2D eigenvalue weighted by Crippen LogP contribution is 2.12. The second kappa shape index (κ2) is 16.8. The normalized spacial score (nSPS) is 12.0. The van der Waals surface area contributed by atoms with Crippen LogP contribution in [0.25, 0.3) is 0 Å². The molecular weight excluding hydrogens is 304 g/mol. The number of carbonyl (C=O) groups is 2. The van der Waals surface area contributed by atoms with E-state index in [1.165, 1.54) is 19.3 Å². The number of hydrogen-bond acceptors (Lipinski definition) is 4. The number of rotatable bonds is 16. The van der Waals surface area contributed by atoms with E-state index in [4.69, 9.17) is 9.47 Å². The van der Waals surface area contributed by atoms with Gasteiger partial charge in [0.15, 0.2) is 0 Å². The Labute approximate surface area is 148 Å². The summed E-state index contributed by atoms with van der Waals surface area (Å²) in [5.41, 5.74) is 0. The predicted octanol–water partition coefficient (Wildman–Crippen LogP) is 5.57. The van der Waals surface area contributed by atoms with Gasteiger partial charge in [-0.05, 0) is 39.5 Å². The highest BCUT2D eigenvalue weighted by atomic mass is 16.5. The largest absolute Gasteiger partial charge is 0.466 e. The Bertz CT molecular complexity index is 315. The number of unbranched alkanes of at least 4 members (excludes halogenated alkanes) is 8. The fourth-order valence-corrected chi connectivity index (χ4v) is 2.68. The summed E-state index contributed by atoms with van der Waals surface area (Å²) in [7, 11) is 0. The van der Waals surface area contributed by atoms with Crippen molar-refractivity contribution < 1.29 is 19.1 Å². The molecule has 1 atom stereocenters. The highest BCUT2D eigenvalue weighted by Gasteiger charge is 2.09. The molecule has 0 rings (SSSR count). The molecule has 0 aliphatic rings. The Morgan fingerprint density at radius 1 is 0.750 bits per heavy atom. The first-order chi connectivity index (χ1) is 11.6. The van der Waals surface area contributed by atoms with Crippen molar-refractivity contribution in [3.63, 3.8) is 0 Å². The third kappa shape index (κ3) is 15.8. The van der Waals surface area contributed by atoms with Crippen LogP contribution in [0.5, 0.6) is 0 Å². The lowest BCUT2D eigenvalue weighted by molar-refractivity contribution is -0.148. The first kappa shape index (κ1) is 22.9. The molecule has 1 unspecified atom stereocenters. The molecular formula is C20H38O4. The smallest absolute Gasteiger partial charge is 0.306 e. The van der Waals surface area contributed by atoms with Crippen LogP contribution < -0.4 is 0 Å². The molecule has 0 heterocycles. The monoisotopic (exact) mass is 342 g/mol. The van der Waals surface area contributed by atoms with Crippen LogP contribution in [-0.4, -0.2) is 24.6 Å². The lowest BCUT2D eigenvalue weighted by Gasteiger charge is -2.13. The van der Waals surface area contributed by atoms with Crippen LogP contribution in [-0.2, 0) is 19.1 Å². The van der Waals surface area contributed by atoms with Gasteiger partial charge >= 0.3 is 11.9 Å². The van der Waals surface area contributed by atoms with Gasteiger partial charge in [0.05, 0.1) is 12.7 Å². The second-order valence-electron chi connectivity index (χ2n) is 6.58. The Morgan fingerprint density at radius 2 is 1.29 bits per heavy atom. The van der Waals surface area contributed by atoms with Gasteiger partial charge in [0.25, 0.3) is 0 Å². The van der Waals surface area contributed by atoms with Gasteiger partial charge in [0, 0.05) is 12.8 Å². The van der Waals surface area contributed by atoms with E-state index < -0.39 is 0 Å². The van der Waals surface area contributed by atoms with E-state index in [2.05, 4.69) is 6.92 Å². The van der Waals surface area contributed by atoms with Crippen LogP contribution in [0.15, 0.2) is 0 Å². The van der Waals surface area contributed by atoms with Gasteiger partial charge in [-0.1, -0.05) is 51.9 Å². The molecule has 0 saturated heterocycles. The topological polar surface area (TPSA) is 52.6 Å². The quantitative estimate of drug-likeness (QED) is 0.272. The van der Waals surface area contributed by atoms with Gasteiger partial charge in [-0.25, -0.2) is 0 Å². The van der Waals surface area contributed by atoms with Crippen molar-refractivity contribution in [1.82, 2.24) is 0 Å². The van der Waals surface area contributed by atoms with E-state index in [1.807, 2.05) is 13.8 Å². The van der Waals surface area contributed by atoms with E-state index in [-0.39, 0.29) is 18.0 Å². The Morgan fingerprint density at radius 3 is 1.88 bits per heavy atom. The summed E-state index contributed by atoms with van der Waals surface area (Å²) in [4.78, 5) is 22.9. The molecule has 0 aromatic rings. The van der Waals surface area contributed by atoms with Crippen LogP contribution in [0, 0.1) is 0 Å². The lowest BCUT2D eigenvalue weighted by atomic mass is 10.1. The predicted molar refractivity (Wildman–Crippen MR) is 97.9 cm³/mol. The zero-order valence-electron chi connectivity index (χ0n) is 16.1. The van der Waals surface area contributed by atoms with E-state index in [1.54, 1.807) is 0 Å². The SMILES string of the molecule is CCCCCCC(C)OC(=O)CCCCCCCCC(=O)OCC. The molecule has 0 fully saturated rings. The fourth-order valence-electron chi connectivity index (χ4n) is 2.68. The van der Waals surface area contributed by atoms with Crippen molar-refractivity contribution >= 4 is 11.9 Å². The summed E-state index contributed by atoms with van der Waals surface area (Å²) in [6.45, 7) is 6.49. The van der Waals surface area contributed by atoms with Gasteiger partial charge in [0.2, 0.25) is 0 Å². The maximum Gasteiger partial charge on any atom is 0.306 e. The van der Waals surface area contributed by atoms with E-state index >= 15 is 0 Å². The van der Waals surface area contributed by atoms with E-state index in [0.29, 0.717) is 19.4 Å². The molecule has 0 N–H and O–H groups in total. The third-order valence-electron chi connectivity index (χ3n) is 4.11. The van der Waals surface area contributed by atoms with Crippen LogP contribution in [0.1, 0.15) is 104 Å².